The number of halogens is 1. The molecule has 8 heteroatoms. The Bertz CT molecular complexity index is 712. The minimum atomic E-state index is -3.69. The summed E-state index contributed by atoms with van der Waals surface area (Å²) in [6, 6.07) is 4.59. The van der Waals surface area contributed by atoms with Gasteiger partial charge in [0.05, 0.1) is 17.6 Å². The predicted molar refractivity (Wildman–Crippen MR) is 78.5 cm³/mol. The third kappa shape index (κ3) is 3.38. The van der Waals surface area contributed by atoms with E-state index < -0.39 is 10.0 Å². The maximum Gasteiger partial charge on any atom is 0.242 e. The summed E-state index contributed by atoms with van der Waals surface area (Å²) >= 11 is 3.19. The fraction of sp³-hybridized carbons (Fsp3) is 0.250. The van der Waals surface area contributed by atoms with Crippen LogP contribution in [0, 0.1) is 0 Å². The minimum absolute atomic E-state index is 0.0103. The molecule has 0 saturated carbocycles. The van der Waals surface area contributed by atoms with Gasteiger partial charge in [-0.1, -0.05) is 6.92 Å². The molecule has 0 aliphatic heterocycles. The number of anilines is 1. The molecular formula is C12H14BrN3O3S. The minimum Gasteiger partial charge on any atom is -0.444 e. The molecule has 1 heterocycles. The number of nitrogens with one attached hydrogen (secondary N) is 1. The zero-order valence-electron chi connectivity index (χ0n) is 10.8. The maximum atomic E-state index is 12.2. The normalized spacial score (nSPS) is 11.7. The molecule has 2 rings (SSSR count). The van der Waals surface area contributed by atoms with Gasteiger partial charge in [-0.15, -0.1) is 0 Å². The molecule has 0 saturated heterocycles. The number of aromatic nitrogens is 1. The zero-order valence-corrected chi connectivity index (χ0v) is 13.2. The lowest BCUT2D eigenvalue weighted by atomic mass is 10.3. The molecule has 0 amide bonds. The number of hydrogen-bond acceptors (Lipinski definition) is 5. The van der Waals surface area contributed by atoms with Gasteiger partial charge in [0, 0.05) is 16.6 Å². The van der Waals surface area contributed by atoms with Gasteiger partial charge in [-0.25, -0.2) is 18.1 Å². The van der Waals surface area contributed by atoms with Crippen molar-refractivity contribution in [3.8, 4) is 0 Å². The molecular weight excluding hydrogens is 346 g/mol. The number of sulfonamides is 1. The van der Waals surface area contributed by atoms with Gasteiger partial charge in [0.25, 0.3) is 0 Å². The van der Waals surface area contributed by atoms with Crippen LogP contribution in [0.1, 0.15) is 18.6 Å². The SMILES string of the molecule is CCc1cnc(CNS(=O)(=O)c2cc(N)ccc2Br)o1. The molecule has 3 N–H and O–H groups in total. The number of oxazole rings is 1. The molecule has 0 fully saturated rings. The van der Waals surface area contributed by atoms with E-state index in [0.29, 0.717) is 28.2 Å². The van der Waals surface area contributed by atoms with E-state index in [1.54, 1.807) is 18.3 Å². The summed E-state index contributed by atoms with van der Waals surface area (Å²) < 4.78 is 32.6. The van der Waals surface area contributed by atoms with Crippen LogP contribution in [0.3, 0.4) is 0 Å². The number of nitrogen functional groups attached to an aromatic ring is 1. The fourth-order valence-corrected chi connectivity index (χ4v) is 3.52. The maximum absolute atomic E-state index is 12.2. The monoisotopic (exact) mass is 359 g/mol. The Kier molecular flexibility index (Phi) is 4.46. The van der Waals surface area contributed by atoms with Crippen molar-refractivity contribution in [2.75, 3.05) is 5.73 Å². The van der Waals surface area contributed by atoms with Crippen molar-refractivity contribution in [3.63, 3.8) is 0 Å². The van der Waals surface area contributed by atoms with Crippen molar-refractivity contribution < 1.29 is 12.8 Å². The van der Waals surface area contributed by atoms with Crippen LogP contribution >= 0.6 is 15.9 Å². The molecule has 0 radical (unpaired) electrons. The van der Waals surface area contributed by atoms with E-state index in [-0.39, 0.29) is 11.4 Å². The van der Waals surface area contributed by atoms with Crippen molar-refractivity contribution in [1.29, 1.82) is 0 Å². The van der Waals surface area contributed by atoms with Crippen molar-refractivity contribution in [2.45, 2.75) is 24.8 Å². The van der Waals surface area contributed by atoms with Gasteiger partial charge in [-0.3, -0.25) is 0 Å². The number of aryl methyl sites for hydroxylation is 1. The molecule has 0 spiro atoms. The van der Waals surface area contributed by atoms with Crippen LogP contribution < -0.4 is 10.5 Å². The number of nitrogens with zero attached hydrogens (tertiary/aromatic N) is 1. The van der Waals surface area contributed by atoms with Crippen LogP contribution in [0.15, 0.2) is 38.2 Å². The summed E-state index contributed by atoms with van der Waals surface area (Å²) in [4.78, 5) is 4.08. The zero-order chi connectivity index (χ0) is 14.8. The summed E-state index contributed by atoms with van der Waals surface area (Å²) in [5.74, 6) is 1.04. The molecule has 6 nitrogen and oxygen atoms in total. The standard InChI is InChI=1S/C12H14BrN3O3S/c1-2-9-6-15-12(19-9)7-16-20(17,18)11-5-8(14)3-4-10(11)13/h3-6,16H,2,7,14H2,1H3. The van der Waals surface area contributed by atoms with E-state index in [1.807, 2.05) is 6.92 Å². The van der Waals surface area contributed by atoms with Gasteiger partial charge in [0.2, 0.25) is 15.9 Å². The topological polar surface area (TPSA) is 98.2 Å². The largest absolute Gasteiger partial charge is 0.444 e. The van der Waals surface area contributed by atoms with E-state index in [1.165, 1.54) is 6.07 Å². The first-order chi connectivity index (χ1) is 9.42. The Morgan fingerprint density at radius 2 is 2.20 bits per heavy atom. The van der Waals surface area contributed by atoms with Gasteiger partial charge in [-0.05, 0) is 34.1 Å². The molecule has 1 aromatic heterocycles. The van der Waals surface area contributed by atoms with Crippen molar-refractivity contribution in [1.82, 2.24) is 9.71 Å². The summed E-state index contributed by atoms with van der Waals surface area (Å²) in [5, 5.41) is 0. The molecule has 0 bridgehead atoms. The Labute approximate surface area is 125 Å². The van der Waals surface area contributed by atoms with Crippen LogP contribution in [0.5, 0.6) is 0 Å². The molecule has 20 heavy (non-hydrogen) atoms. The lowest BCUT2D eigenvalue weighted by Gasteiger charge is -2.07. The highest BCUT2D eigenvalue weighted by Crippen LogP contribution is 2.24. The lowest BCUT2D eigenvalue weighted by molar-refractivity contribution is 0.452. The van der Waals surface area contributed by atoms with E-state index in [4.69, 9.17) is 10.2 Å². The van der Waals surface area contributed by atoms with Crippen LogP contribution in [0.4, 0.5) is 5.69 Å². The average Bonchev–Trinajstić information content (AvgIpc) is 2.87. The summed E-state index contributed by atoms with van der Waals surface area (Å²) in [6.07, 6.45) is 2.29. The van der Waals surface area contributed by atoms with Gasteiger partial charge in [-0.2, -0.15) is 0 Å². The summed E-state index contributed by atoms with van der Waals surface area (Å²) in [5.41, 5.74) is 5.98. The molecule has 0 unspecified atom stereocenters. The molecule has 0 aliphatic carbocycles. The predicted octanol–water partition coefficient (Wildman–Crippen LogP) is 2.06. The molecule has 108 valence electrons. The molecule has 1 aromatic carbocycles. The number of hydrogen-bond donors (Lipinski definition) is 2. The third-order valence-corrected chi connectivity index (χ3v) is 5.00. The second kappa shape index (κ2) is 5.94. The average molecular weight is 360 g/mol. The highest BCUT2D eigenvalue weighted by atomic mass is 79.9. The highest BCUT2D eigenvalue weighted by molar-refractivity contribution is 9.10. The van der Waals surface area contributed by atoms with Crippen molar-refractivity contribution in [2.24, 2.45) is 0 Å². The highest BCUT2D eigenvalue weighted by Gasteiger charge is 2.18. The van der Waals surface area contributed by atoms with Crippen LogP contribution in [0.25, 0.3) is 0 Å². The van der Waals surface area contributed by atoms with Gasteiger partial charge >= 0.3 is 0 Å². The summed E-state index contributed by atoms with van der Waals surface area (Å²) in [7, 11) is -3.69. The number of benzene rings is 1. The quantitative estimate of drug-likeness (QED) is 0.796. The first-order valence-corrected chi connectivity index (χ1v) is 8.18. The third-order valence-electron chi connectivity index (χ3n) is 2.61. The van der Waals surface area contributed by atoms with E-state index in [2.05, 4.69) is 25.6 Å². The van der Waals surface area contributed by atoms with E-state index in [0.717, 1.165) is 0 Å². The second-order valence-corrected chi connectivity index (χ2v) is 6.68. The summed E-state index contributed by atoms with van der Waals surface area (Å²) in [6.45, 7) is 1.92. The smallest absolute Gasteiger partial charge is 0.242 e. The lowest BCUT2D eigenvalue weighted by Crippen LogP contribution is -2.23. The Hall–Kier alpha value is -1.38. The van der Waals surface area contributed by atoms with Gasteiger partial charge in [0.15, 0.2) is 0 Å². The molecule has 2 aromatic rings. The molecule has 0 aliphatic rings. The Balaban J connectivity index is 2.17. The second-order valence-electron chi connectivity index (χ2n) is 4.09. The van der Waals surface area contributed by atoms with Crippen LogP contribution in [-0.2, 0) is 23.0 Å². The van der Waals surface area contributed by atoms with Crippen LogP contribution in [-0.4, -0.2) is 13.4 Å². The van der Waals surface area contributed by atoms with E-state index in [9.17, 15) is 8.42 Å². The van der Waals surface area contributed by atoms with Crippen molar-refractivity contribution in [3.05, 3.63) is 40.5 Å². The number of rotatable bonds is 5. The van der Waals surface area contributed by atoms with Crippen LogP contribution in [0.2, 0.25) is 0 Å². The Morgan fingerprint density at radius 3 is 2.85 bits per heavy atom. The number of nitrogens with two attached hydrogens (primary N) is 1. The van der Waals surface area contributed by atoms with Gasteiger partial charge < -0.3 is 10.2 Å². The van der Waals surface area contributed by atoms with Gasteiger partial charge in [0.1, 0.15) is 5.76 Å². The molecule has 0 atom stereocenters. The fourth-order valence-electron chi connectivity index (χ4n) is 1.55. The van der Waals surface area contributed by atoms with E-state index >= 15 is 0 Å². The first-order valence-electron chi connectivity index (χ1n) is 5.90. The first kappa shape index (κ1) is 15.0. The Morgan fingerprint density at radius 1 is 1.45 bits per heavy atom. The van der Waals surface area contributed by atoms with Crippen molar-refractivity contribution >= 4 is 31.6 Å².